The van der Waals surface area contributed by atoms with Gasteiger partial charge in [-0.3, -0.25) is 0 Å². The van der Waals surface area contributed by atoms with Gasteiger partial charge in [-0.25, -0.2) is 0 Å². The van der Waals surface area contributed by atoms with Crippen molar-refractivity contribution in [3.63, 3.8) is 0 Å². The first-order valence-corrected chi connectivity index (χ1v) is 19.2. The average Bonchev–Trinajstić information content (AvgIpc) is 3.62. The maximum Gasteiger partial charge on any atom is 0.0546 e. The molecule has 0 atom stereocenters. The highest BCUT2D eigenvalue weighted by Gasteiger charge is 2.21. The number of nitrogens with zero attached hydrogens (tertiary/aromatic N) is 2. The molecule has 1 aromatic heterocycles. The largest absolute Gasteiger partial charge is 0.310 e. The molecule has 2 nitrogen and oxygen atoms in total. The van der Waals surface area contributed by atoms with Crippen molar-refractivity contribution < 1.29 is 0 Å². The summed E-state index contributed by atoms with van der Waals surface area (Å²) in [6, 6.07) is 83.0. The highest BCUT2D eigenvalue weighted by Crippen LogP contribution is 2.46. The van der Waals surface area contributed by atoms with E-state index in [9.17, 15) is 0 Å². The Morgan fingerprint density at radius 1 is 0.304 bits per heavy atom. The van der Waals surface area contributed by atoms with E-state index in [4.69, 9.17) is 0 Å². The fourth-order valence-electron chi connectivity index (χ4n) is 8.18. The lowest BCUT2D eigenvalue weighted by molar-refractivity contribution is 1.18. The zero-order chi connectivity index (χ0) is 37.3. The van der Waals surface area contributed by atoms with Gasteiger partial charge in [-0.2, -0.15) is 0 Å². The highest BCUT2D eigenvalue weighted by atomic mass is 15.1. The molecule has 0 radical (unpaired) electrons. The van der Waals surface area contributed by atoms with Gasteiger partial charge in [0.25, 0.3) is 0 Å². The summed E-state index contributed by atoms with van der Waals surface area (Å²) in [5.41, 5.74) is 16.3. The lowest BCUT2D eigenvalue weighted by Gasteiger charge is -2.29. The molecular formula is C54H38N2. The number of para-hydroxylation sites is 2. The van der Waals surface area contributed by atoms with Crippen molar-refractivity contribution in [1.82, 2.24) is 4.57 Å². The van der Waals surface area contributed by atoms with Gasteiger partial charge < -0.3 is 9.47 Å². The van der Waals surface area contributed by atoms with E-state index in [1.165, 1.54) is 60.8 Å². The van der Waals surface area contributed by atoms with Gasteiger partial charge in [0.1, 0.15) is 0 Å². The van der Waals surface area contributed by atoms with E-state index in [1.807, 2.05) is 0 Å². The molecule has 0 amide bonds. The summed E-state index contributed by atoms with van der Waals surface area (Å²) in [7, 11) is 0. The first-order chi connectivity index (χ1) is 27.8. The molecule has 10 rings (SSSR count). The van der Waals surface area contributed by atoms with Crippen LogP contribution in [0.25, 0.3) is 72.0 Å². The third kappa shape index (κ3) is 6.04. The molecule has 0 saturated carbocycles. The van der Waals surface area contributed by atoms with Gasteiger partial charge >= 0.3 is 0 Å². The molecule has 9 aromatic carbocycles. The minimum atomic E-state index is 1.09. The molecule has 0 unspecified atom stereocenters. The van der Waals surface area contributed by atoms with Gasteiger partial charge in [0.15, 0.2) is 0 Å². The van der Waals surface area contributed by atoms with E-state index in [0.717, 1.165) is 28.3 Å². The lowest BCUT2D eigenvalue weighted by atomic mass is 9.92. The van der Waals surface area contributed by atoms with Crippen molar-refractivity contribution in [2.75, 3.05) is 4.90 Å². The molecule has 264 valence electrons. The summed E-state index contributed by atoms with van der Waals surface area (Å²) in [5, 5.41) is 2.53. The molecule has 10 aromatic rings. The molecule has 0 aliphatic heterocycles. The number of hydrogen-bond donors (Lipinski definition) is 0. The maximum atomic E-state index is 2.40. The van der Waals surface area contributed by atoms with E-state index in [2.05, 4.69) is 240 Å². The van der Waals surface area contributed by atoms with Crippen molar-refractivity contribution in [2.24, 2.45) is 0 Å². The SMILES string of the molecule is c1ccc(-c2ccc(N(c3ccc(-c4cccc(-n5c6ccccc6c6ccccc65)c4)cc3)c3cccc(-c4ccccc4)c3-c3ccccc3)cc2)cc1. The summed E-state index contributed by atoms with van der Waals surface area (Å²) < 4.78 is 2.38. The third-order valence-corrected chi connectivity index (χ3v) is 10.8. The van der Waals surface area contributed by atoms with Crippen LogP contribution in [0.1, 0.15) is 0 Å². The van der Waals surface area contributed by atoms with Crippen LogP contribution in [0.15, 0.2) is 231 Å². The second kappa shape index (κ2) is 14.4. The summed E-state index contributed by atoms with van der Waals surface area (Å²) in [6.45, 7) is 0. The van der Waals surface area contributed by atoms with E-state index in [-0.39, 0.29) is 0 Å². The molecular weight excluding hydrogens is 677 g/mol. The van der Waals surface area contributed by atoms with Crippen LogP contribution in [-0.2, 0) is 0 Å². The fraction of sp³-hybridized carbons (Fsp3) is 0. The van der Waals surface area contributed by atoms with Gasteiger partial charge in [0.05, 0.1) is 16.7 Å². The van der Waals surface area contributed by atoms with Crippen molar-refractivity contribution in [2.45, 2.75) is 0 Å². The van der Waals surface area contributed by atoms with Crippen molar-refractivity contribution in [1.29, 1.82) is 0 Å². The van der Waals surface area contributed by atoms with Gasteiger partial charge in [0, 0.05) is 33.4 Å². The predicted molar refractivity (Wildman–Crippen MR) is 237 cm³/mol. The van der Waals surface area contributed by atoms with Crippen LogP contribution in [0.2, 0.25) is 0 Å². The standard InChI is InChI=1S/C54H38N2/c1-4-16-39(17-5-1)40-30-34-45(35-31-40)55(53-29-15-26-48(42-18-6-2-7-19-42)54(53)43-20-8-3-9-21-43)46-36-32-41(33-37-46)44-22-14-23-47(38-44)56-51-27-12-10-24-49(51)50-25-11-13-28-52(50)56/h1-38H. The normalized spacial score (nSPS) is 11.2. The summed E-state index contributed by atoms with van der Waals surface area (Å²) >= 11 is 0. The Morgan fingerprint density at radius 2 is 0.750 bits per heavy atom. The van der Waals surface area contributed by atoms with Gasteiger partial charge in [-0.05, 0) is 93.5 Å². The van der Waals surface area contributed by atoms with Gasteiger partial charge in [0.2, 0.25) is 0 Å². The summed E-state index contributed by atoms with van der Waals surface area (Å²) in [6.07, 6.45) is 0. The Kier molecular flexibility index (Phi) is 8.55. The van der Waals surface area contributed by atoms with Crippen molar-refractivity contribution in [3.8, 4) is 50.2 Å². The van der Waals surface area contributed by atoms with E-state index < -0.39 is 0 Å². The van der Waals surface area contributed by atoms with E-state index in [0.29, 0.717) is 0 Å². The van der Waals surface area contributed by atoms with Gasteiger partial charge in [-0.15, -0.1) is 0 Å². The molecule has 56 heavy (non-hydrogen) atoms. The zero-order valence-electron chi connectivity index (χ0n) is 30.8. The molecule has 2 heteroatoms. The molecule has 0 aliphatic carbocycles. The lowest BCUT2D eigenvalue weighted by Crippen LogP contribution is -2.11. The van der Waals surface area contributed by atoms with Crippen LogP contribution in [0, 0.1) is 0 Å². The average molecular weight is 715 g/mol. The number of anilines is 3. The number of benzene rings is 9. The topological polar surface area (TPSA) is 8.17 Å². The third-order valence-electron chi connectivity index (χ3n) is 10.8. The van der Waals surface area contributed by atoms with Crippen molar-refractivity contribution >= 4 is 38.9 Å². The van der Waals surface area contributed by atoms with Gasteiger partial charge in [-0.1, -0.05) is 176 Å². The molecule has 0 spiro atoms. The zero-order valence-corrected chi connectivity index (χ0v) is 30.8. The predicted octanol–water partition coefficient (Wildman–Crippen LogP) is 14.9. The van der Waals surface area contributed by atoms with E-state index >= 15 is 0 Å². The Bertz CT molecular complexity index is 2870. The fourth-order valence-corrected chi connectivity index (χ4v) is 8.18. The first-order valence-electron chi connectivity index (χ1n) is 19.2. The maximum absolute atomic E-state index is 2.40. The molecule has 0 saturated heterocycles. The molecule has 0 fully saturated rings. The second-order valence-corrected chi connectivity index (χ2v) is 14.1. The minimum Gasteiger partial charge on any atom is -0.310 e. The Balaban J connectivity index is 1.11. The highest BCUT2D eigenvalue weighted by molar-refractivity contribution is 6.09. The van der Waals surface area contributed by atoms with Crippen LogP contribution in [0.4, 0.5) is 17.1 Å². The first kappa shape index (κ1) is 33.2. The van der Waals surface area contributed by atoms with Crippen LogP contribution >= 0.6 is 0 Å². The number of fused-ring (bicyclic) bond motifs is 3. The van der Waals surface area contributed by atoms with Crippen LogP contribution in [-0.4, -0.2) is 4.57 Å². The summed E-state index contributed by atoms with van der Waals surface area (Å²) in [5.74, 6) is 0. The monoisotopic (exact) mass is 714 g/mol. The Hall–Kier alpha value is -7.42. The Labute approximate surface area is 327 Å². The molecule has 0 bridgehead atoms. The number of hydrogen-bond acceptors (Lipinski definition) is 1. The van der Waals surface area contributed by atoms with Crippen LogP contribution < -0.4 is 4.90 Å². The second-order valence-electron chi connectivity index (χ2n) is 14.1. The van der Waals surface area contributed by atoms with Crippen molar-refractivity contribution in [3.05, 3.63) is 231 Å². The van der Waals surface area contributed by atoms with E-state index in [1.54, 1.807) is 0 Å². The Morgan fingerprint density at radius 3 is 1.34 bits per heavy atom. The van der Waals surface area contributed by atoms with Crippen LogP contribution in [0.5, 0.6) is 0 Å². The summed E-state index contributed by atoms with van der Waals surface area (Å²) in [4.78, 5) is 2.40. The molecule has 1 heterocycles. The molecule has 0 aliphatic rings. The minimum absolute atomic E-state index is 1.09. The quantitative estimate of drug-likeness (QED) is 0.152. The number of rotatable bonds is 8. The number of aromatic nitrogens is 1. The smallest absolute Gasteiger partial charge is 0.0546 e. The van der Waals surface area contributed by atoms with Crippen LogP contribution in [0.3, 0.4) is 0 Å². The molecule has 0 N–H and O–H groups in total.